The molecule has 0 amide bonds. The molecule has 0 fully saturated rings. The van der Waals surface area contributed by atoms with Crippen molar-refractivity contribution in [3.05, 3.63) is 89.1 Å². The van der Waals surface area contributed by atoms with Crippen LogP contribution >= 0.6 is 0 Å². The number of nitrogens with one attached hydrogen (secondary N) is 1. The maximum Gasteiger partial charge on any atom is 0.162 e. The van der Waals surface area contributed by atoms with E-state index in [0.717, 1.165) is 33.6 Å². The second-order valence-electron chi connectivity index (χ2n) is 9.00. The molecule has 6 nitrogen and oxygen atoms in total. The third kappa shape index (κ3) is 5.61. The van der Waals surface area contributed by atoms with E-state index in [2.05, 4.69) is 41.1 Å². The van der Waals surface area contributed by atoms with Crippen LogP contribution in [0.4, 0.5) is 0 Å². The van der Waals surface area contributed by atoms with Crippen LogP contribution in [0, 0.1) is 13.8 Å². The van der Waals surface area contributed by atoms with Gasteiger partial charge in [0, 0.05) is 41.0 Å². The summed E-state index contributed by atoms with van der Waals surface area (Å²) in [5, 5.41) is 14.6. The molecule has 4 aromatic rings. The number of aromatic nitrogens is 1. The first-order valence-corrected chi connectivity index (χ1v) is 12.3. The molecule has 0 saturated heterocycles. The molecule has 188 valence electrons. The molecule has 0 aliphatic rings. The molecule has 3 aromatic carbocycles. The Morgan fingerprint density at radius 2 is 1.78 bits per heavy atom. The summed E-state index contributed by atoms with van der Waals surface area (Å²) in [4.78, 5) is 12.5. The average molecular weight is 487 g/mol. The van der Waals surface area contributed by atoms with Crippen LogP contribution in [0.2, 0.25) is 0 Å². The van der Waals surface area contributed by atoms with E-state index in [9.17, 15) is 9.90 Å². The van der Waals surface area contributed by atoms with Crippen LogP contribution in [-0.2, 0) is 6.54 Å². The van der Waals surface area contributed by atoms with E-state index in [4.69, 9.17) is 9.47 Å². The summed E-state index contributed by atoms with van der Waals surface area (Å²) >= 11 is 0. The van der Waals surface area contributed by atoms with E-state index < -0.39 is 6.10 Å². The maximum absolute atomic E-state index is 12.5. The first-order valence-electron chi connectivity index (χ1n) is 12.3. The molecule has 0 bridgehead atoms. The summed E-state index contributed by atoms with van der Waals surface area (Å²) in [6.45, 7) is 9.29. The van der Waals surface area contributed by atoms with Gasteiger partial charge in [0.1, 0.15) is 24.2 Å². The maximum atomic E-state index is 12.5. The van der Waals surface area contributed by atoms with Gasteiger partial charge in [0.05, 0.1) is 12.1 Å². The molecule has 0 radical (unpaired) electrons. The Kier molecular flexibility index (Phi) is 8.08. The quantitative estimate of drug-likeness (QED) is 0.279. The van der Waals surface area contributed by atoms with Crippen molar-refractivity contribution in [3.63, 3.8) is 0 Å². The first-order chi connectivity index (χ1) is 17.4. The molecule has 0 spiro atoms. The Hall–Kier alpha value is -3.61. The van der Waals surface area contributed by atoms with Crippen LogP contribution < -0.4 is 14.8 Å². The van der Waals surface area contributed by atoms with Crippen molar-refractivity contribution < 1.29 is 19.4 Å². The van der Waals surface area contributed by atoms with Crippen molar-refractivity contribution in [1.82, 2.24) is 9.88 Å². The van der Waals surface area contributed by atoms with E-state index >= 15 is 0 Å². The number of benzene rings is 3. The van der Waals surface area contributed by atoms with Crippen molar-refractivity contribution in [2.24, 2.45) is 0 Å². The molecular formula is C30H34N2O4. The zero-order valence-electron chi connectivity index (χ0n) is 21.4. The number of hydrogen-bond donors (Lipinski definition) is 2. The van der Waals surface area contributed by atoms with E-state index in [1.54, 1.807) is 6.92 Å². The highest BCUT2D eigenvalue weighted by Gasteiger charge is 2.19. The fourth-order valence-corrected chi connectivity index (χ4v) is 4.53. The third-order valence-electron chi connectivity index (χ3n) is 6.23. The molecule has 2 N–H and O–H groups in total. The van der Waals surface area contributed by atoms with Crippen LogP contribution in [0.15, 0.2) is 66.7 Å². The fraction of sp³-hybridized carbons (Fsp3) is 0.300. The second-order valence-corrected chi connectivity index (χ2v) is 9.00. The summed E-state index contributed by atoms with van der Waals surface area (Å²) in [5.41, 5.74) is 5.77. The number of carbonyl (C=O) groups is 1. The largest absolute Gasteiger partial charge is 0.494 e. The highest BCUT2D eigenvalue weighted by Crippen LogP contribution is 2.32. The summed E-state index contributed by atoms with van der Waals surface area (Å²) < 4.78 is 13.7. The van der Waals surface area contributed by atoms with Crippen LogP contribution in [0.3, 0.4) is 0 Å². The molecule has 0 aliphatic heterocycles. The van der Waals surface area contributed by atoms with Crippen molar-refractivity contribution in [1.29, 1.82) is 0 Å². The summed E-state index contributed by atoms with van der Waals surface area (Å²) in [6.07, 6.45) is -0.689. The van der Waals surface area contributed by atoms with Gasteiger partial charge in [0.2, 0.25) is 0 Å². The van der Waals surface area contributed by atoms with Crippen LogP contribution in [0.1, 0.15) is 41.0 Å². The summed E-state index contributed by atoms with van der Waals surface area (Å²) in [5.74, 6) is 1.48. The number of carbonyl (C=O) groups excluding carboxylic acids is 1. The van der Waals surface area contributed by atoms with Crippen molar-refractivity contribution in [3.8, 4) is 17.2 Å². The SMILES string of the molecule is CCOc1ccccc1CNC[C@H](O)COc1ccc2c(c1)c(C(C)=O)c(C)n2-c1ccc(C)cc1. The zero-order chi connectivity index (χ0) is 25.7. The van der Waals surface area contributed by atoms with E-state index in [1.807, 2.05) is 56.3 Å². The Morgan fingerprint density at radius 3 is 2.50 bits per heavy atom. The minimum atomic E-state index is -0.689. The average Bonchev–Trinajstić information content (AvgIpc) is 3.15. The lowest BCUT2D eigenvalue weighted by atomic mass is 10.1. The monoisotopic (exact) mass is 486 g/mol. The number of ether oxygens (including phenoxy) is 2. The molecule has 1 heterocycles. The zero-order valence-corrected chi connectivity index (χ0v) is 21.4. The molecule has 6 heteroatoms. The standard InChI is InChI=1S/C30H34N2O4/c1-5-35-29-9-7-6-8-23(29)17-31-18-25(34)19-36-26-14-15-28-27(16-26)30(22(4)33)21(3)32(28)24-12-10-20(2)11-13-24/h6-16,25,31,34H,5,17-19H2,1-4H3/t25-/m0/s1. The van der Waals surface area contributed by atoms with Gasteiger partial charge in [0.25, 0.3) is 0 Å². The third-order valence-corrected chi connectivity index (χ3v) is 6.23. The Bertz CT molecular complexity index is 1340. The van der Waals surface area contributed by atoms with Gasteiger partial charge < -0.3 is 24.5 Å². The Labute approximate surface area is 212 Å². The van der Waals surface area contributed by atoms with Gasteiger partial charge in [-0.1, -0.05) is 35.9 Å². The van der Waals surface area contributed by atoms with Crippen LogP contribution in [-0.4, -0.2) is 41.3 Å². The Morgan fingerprint density at radius 1 is 1.03 bits per heavy atom. The van der Waals surface area contributed by atoms with Gasteiger partial charge >= 0.3 is 0 Å². The number of ketones is 1. The van der Waals surface area contributed by atoms with Gasteiger partial charge in [-0.25, -0.2) is 0 Å². The normalized spacial score (nSPS) is 12.0. The summed E-state index contributed by atoms with van der Waals surface area (Å²) in [7, 11) is 0. The number of rotatable bonds is 11. The number of nitrogens with zero attached hydrogens (tertiary/aromatic N) is 1. The van der Waals surface area contributed by atoms with E-state index in [0.29, 0.717) is 31.0 Å². The predicted molar refractivity (Wildman–Crippen MR) is 144 cm³/mol. The number of aryl methyl sites for hydroxylation is 1. The predicted octanol–water partition coefficient (Wildman–Crippen LogP) is 5.38. The minimum Gasteiger partial charge on any atom is -0.494 e. The molecule has 36 heavy (non-hydrogen) atoms. The molecule has 4 rings (SSSR count). The number of aliphatic hydroxyl groups excluding tert-OH is 1. The van der Waals surface area contributed by atoms with E-state index in [-0.39, 0.29) is 12.4 Å². The lowest BCUT2D eigenvalue weighted by Crippen LogP contribution is -2.31. The Balaban J connectivity index is 1.45. The molecule has 0 unspecified atom stereocenters. The minimum absolute atomic E-state index is 0.0112. The lowest BCUT2D eigenvalue weighted by molar-refractivity contribution is 0.101. The second kappa shape index (κ2) is 11.4. The topological polar surface area (TPSA) is 72.7 Å². The van der Waals surface area contributed by atoms with Gasteiger partial charge in [-0.05, 0) is 64.1 Å². The fourth-order valence-electron chi connectivity index (χ4n) is 4.53. The van der Waals surface area contributed by atoms with Crippen LogP contribution in [0.25, 0.3) is 16.6 Å². The number of fused-ring (bicyclic) bond motifs is 1. The van der Waals surface area contributed by atoms with Gasteiger partial charge in [0.15, 0.2) is 5.78 Å². The van der Waals surface area contributed by atoms with Crippen molar-refractivity contribution in [2.75, 3.05) is 19.8 Å². The first kappa shape index (κ1) is 25.5. The molecule has 1 aromatic heterocycles. The molecule has 0 aliphatic carbocycles. The van der Waals surface area contributed by atoms with E-state index in [1.165, 1.54) is 5.56 Å². The molecular weight excluding hydrogens is 452 g/mol. The number of hydrogen-bond acceptors (Lipinski definition) is 5. The lowest BCUT2D eigenvalue weighted by Gasteiger charge is -2.15. The van der Waals surface area contributed by atoms with Gasteiger partial charge in [-0.2, -0.15) is 0 Å². The van der Waals surface area contributed by atoms with Gasteiger partial charge in [-0.15, -0.1) is 0 Å². The highest BCUT2D eigenvalue weighted by atomic mass is 16.5. The molecule has 1 atom stereocenters. The van der Waals surface area contributed by atoms with Crippen molar-refractivity contribution >= 4 is 16.7 Å². The highest BCUT2D eigenvalue weighted by molar-refractivity contribution is 6.09. The smallest absolute Gasteiger partial charge is 0.162 e. The van der Waals surface area contributed by atoms with Crippen molar-refractivity contribution in [2.45, 2.75) is 40.3 Å². The summed E-state index contributed by atoms with van der Waals surface area (Å²) in [6, 6.07) is 21.9. The number of Topliss-reactive ketones (excluding diaryl/α,β-unsaturated/α-hetero) is 1. The number of aliphatic hydroxyl groups is 1. The van der Waals surface area contributed by atoms with Gasteiger partial charge in [-0.3, -0.25) is 4.79 Å². The number of para-hydroxylation sites is 1. The molecule has 0 saturated carbocycles. The van der Waals surface area contributed by atoms with Crippen LogP contribution in [0.5, 0.6) is 11.5 Å².